The fourth-order valence-corrected chi connectivity index (χ4v) is 1.50. The number of methoxy groups -OCH3 is 1. The van der Waals surface area contributed by atoms with E-state index >= 15 is 0 Å². The van der Waals surface area contributed by atoms with Crippen molar-refractivity contribution in [2.75, 3.05) is 37.4 Å². The summed E-state index contributed by atoms with van der Waals surface area (Å²) in [7, 11) is 1.62. The highest BCUT2D eigenvalue weighted by molar-refractivity contribution is 5.60. The van der Waals surface area contributed by atoms with Gasteiger partial charge in [-0.1, -0.05) is 6.92 Å². The zero-order valence-corrected chi connectivity index (χ0v) is 11.3. The van der Waals surface area contributed by atoms with Crippen molar-refractivity contribution in [2.45, 2.75) is 19.8 Å². The fourth-order valence-electron chi connectivity index (χ4n) is 1.50. The van der Waals surface area contributed by atoms with Crippen LogP contribution in [0.4, 0.5) is 17.3 Å². The molecule has 1 rings (SSSR count). The number of hydrogen-bond donors (Lipinski definition) is 2. The minimum Gasteiger partial charge on any atom is -0.385 e. The van der Waals surface area contributed by atoms with Gasteiger partial charge in [0.05, 0.1) is 4.92 Å². The summed E-state index contributed by atoms with van der Waals surface area (Å²) in [5.74, 6) is 0.934. The average molecular weight is 268 g/mol. The van der Waals surface area contributed by atoms with Gasteiger partial charge in [-0.05, 0) is 18.9 Å². The predicted molar refractivity (Wildman–Crippen MR) is 74.7 cm³/mol. The van der Waals surface area contributed by atoms with Gasteiger partial charge in [-0.25, -0.2) is 4.98 Å². The van der Waals surface area contributed by atoms with E-state index in [0.717, 1.165) is 19.4 Å². The maximum atomic E-state index is 10.9. The molecule has 0 spiro atoms. The number of aromatic nitrogens is 1. The van der Waals surface area contributed by atoms with Gasteiger partial charge in [0, 0.05) is 32.9 Å². The quantitative estimate of drug-likeness (QED) is 0.405. The van der Waals surface area contributed by atoms with Crippen molar-refractivity contribution in [2.24, 2.45) is 0 Å². The van der Waals surface area contributed by atoms with Crippen LogP contribution in [-0.4, -0.2) is 36.7 Å². The number of anilines is 2. The van der Waals surface area contributed by atoms with Crippen molar-refractivity contribution in [1.29, 1.82) is 0 Å². The second-order valence-corrected chi connectivity index (χ2v) is 4.02. The normalized spacial score (nSPS) is 10.2. The Hall–Kier alpha value is -1.89. The number of ether oxygens (including phenoxy) is 1. The van der Waals surface area contributed by atoms with Crippen molar-refractivity contribution in [3.05, 3.63) is 22.2 Å². The van der Waals surface area contributed by atoms with Crippen LogP contribution in [0.1, 0.15) is 19.8 Å². The summed E-state index contributed by atoms with van der Waals surface area (Å²) in [5, 5.41) is 17.0. The van der Waals surface area contributed by atoms with Crippen molar-refractivity contribution in [3.63, 3.8) is 0 Å². The highest BCUT2D eigenvalue weighted by Gasteiger charge is 2.15. The first-order chi connectivity index (χ1) is 9.19. The topological polar surface area (TPSA) is 89.3 Å². The van der Waals surface area contributed by atoms with E-state index in [9.17, 15) is 10.1 Å². The van der Waals surface area contributed by atoms with Crippen LogP contribution in [0.3, 0.4) is 0 Å². The fraction of sp³-hybridized carbons (Fsp3) is 0.583. The van der Waals surface area contributed by atoms with Gasteiger partial charge in [-0.2, -0.15) is 0 Å². The third-order valence-electron chi connectivity index (χ3n) is 2.44. The molecule has 0 bridgehead atoms. The molecule has 7 heteroatoms. The smallest absolute Gasteiger partial charge is 0.311 e. The molecular weight excluding hydrogens is 248 g/mol. The van der Waals surface area contributed by atoms with Crippen molar-refractivity contribution in [3.8, 4) is 0 Å². The van der Waals surface area contributed by atoms with Gasteiger partial charge < -0.3 is 15.4 Å². The number of nitrogens with zero attached hydrogens (tertiary/aromatic N) is 2. The van der Waals surface area contributed by atoms with Gasteiger partial charge in [-0.3, -0.25) is 10.1 Å². The highest BCUT2D eigenvalue weighted by Crippen LogP contribution is 2.23. The second kappa shape index (κ2) is 8.25. The first-order valence-electron chi connectivity index (χ1n) is 6.31. The van der Waals surface area contributed by atoms with Gasteiger partial charge in [0.15, 0.2) is 0 Å². The first kappa shape index (κ1) is 15.2. The third-order valence-corrected chi connectivity index (χ3v) is 2.44. The van der Waals surface area contributed by atoms with E-state index in [0.29, 0.717) is 24.8 Å². The van der Waals surface area contributed by atoms with Crippen molar-refractivity contribution in [1.82, 2.24) is 4.98 Å². The zero-order chi connectivity index (χ0) is 14.1. The molecule has 1 aromatic heterocycles. The second-order valence-electron chi connectivity index (χ2n) is 4.02. The standard InChI is InChI=1S/C12H20N4O3/c1-3-7-13-11-6-5-10(16(17)18)12(15-11)14-8-4-9-19-2/h5-6H,3-4,7-9H2,1-2H3,(H2,13,14,15). The summed E-state index contributed by atoms with van der Waals surface area (Å²) < 4.78 is 4.93. The van der Waals surface area contributed by atoms with E-state index in [-0.39, 0.29) is 5.69 Å². The lowest BCUT2D eigenvalue weighted by molar-refractivity contribution is -0.384. The van der Waals surface area contributed by atoms with E-state index < -0.39 is 4.92 Å². The highest BCUT2D eigenvalue weighted by atomic mass is 16.6. The van der Waals surface area contributed by atoms with Gasteiger partial charge in [-0.15, -0.1) is 0 Å². The lowest BCUT2D eigenvalue weighted by Crippen LogP contribution is -2.10. The van der Waals surface area contributed by atoms with Crippen LogP contribution in [0.25, 0.3) is 0 Å². The van der Waals surface area contributed by atoms with Gasteiger partial charge >= 0.3 is 5.69 Å². The molecule has 0 aliphatic carbocycles. The lowest BCUT2D eigenvalue weighted by Gasteiger charge is -2.09. The Morgan fingerprint density at radius 2 is 2.16 bits per heavy atom. The first-order valence-corrected chi connectivity index (χ1v) is 6.31. The third kappa shape index (κ3) is 5.09. The van der Waals surface area contributed by atoms with Gasteiger partial charge in [0.2, 0.25) is 5.82 Å². The van der Waals surface area contributed by atoms with Crippen LogP contribution < -0.4 is 10.6 Å². The Labute approximate surface area is 112 Å². The van der Waals surface area contributed by atoms with Crippen LogP contribution in [0.2, 0.25) is 0 Å². The lowest BCUT2D eigenvalue weighted by atomic mass is 10.3. The van der Waals surface area contributed by atoms with Crippen LogP contribution in [0.15, 0.2) is 12.1 Å². The molecule has 1 aromatic rings. The molecule has 0 radical (unpaired) electrons. The largest absolute Gasteiger partial charge is 0.385 e. The molecule has 0 atom stereocenters. The predicted octanol–water partition coefficient (Wildman–Crippen LogP) is 2.26. The summed E-state index contributed by atoms with van der Waals surface area (Å²) in [6, 6.07) is 3.08. The van der Waals surface area contributed by atoms with E-state index in [1.807, 2.05) is 6.92 Å². The summed E-state index contributed by atoms with van der Waals surface area (Å²) in [6.07, 6.45) is 1.73. The summed E-state index contributed by atoms with van der Waals surface area (Å²) in [6.45, 7) is 4.02. The Balaban J connectivity index is 2.74. The molecule has 0 saturated heterocycles. The van der Waals surface area contributed by atoms with Crippen LogP contribution >= 0.6 is 0 Å². The van der Waals surface area contributed by atoms with Crippen LogP contribution in [0, 0.1) is 10.1 Å². The average Bonchev–Trinajstić information content (AvgIpc) is 2.41. The SMILES string of the molecule is CCCNc1ccc([N+](=O)[O-])c(NCCCOC)n1. The molecule has 0 saturated carbocycles. The van der Waals surface area contributed by atoms with Gasteiger partial charge in [0.25, 0.3) is 0 Å². The Morgan fingerprint density at radius 1 is 1.37 bits per heavy atom. The maximum Gasteiger partial charge on any atom is 0.311 e. The molecule has 106 valence electrons. The molecule has 0 aliphatic rings. The number of nitrogens with one attached hydrogen (secondary N) is 2. The number of hydrogen-bond acceptors (Lipinski definition) is 6. The molecule has 1 heterocycles. The molecule has 0 fully saturated rings. The van der Waals surface area contributed by atoms with E-state index in [1.165, 1.54) is 6.07 Å². The minimum atomic E-state index is -0.435. The maximum absolute atomic E-state index is 10.9. The Kier molecular flexibility index (Phi) is 6.59. The number of nitro groups is 1. The Bertz CT molecular complexity index is 412. The number of rotatable bonds is 9. The summed E-state index contributed by atoms with van der Waals surface area (Å²) >= 11 is 0. The zero-order valence-electron chi connectivity index (χ0n) is 11.3. The molecule has 0 amide bonds. The van der Waals surface area contributed by atoms with Crippen LogP contribution in [-0.2, 0) is 4.74 Å². The van der Waals surface area contributed by atoms with Crippen LogP contribution in [0.5, 0.6) is 0 Å². The molecule has 0 aromatic carbocycles. The molecule has 0 unspecified atom stereocenters. The molecular formula is C12H20N4O3. The summed E-state index contributed by atoms with van der Waals surface area (Å²) in [4.78, 5) is 14.7. The van der Waals surface area contributed by atoms with Crippen molar-refractivity contribution >= 4 is 17.3 Å². The van der Waals surface area contributed by atoms with E-state index in [1.54, 1.807) is 13.2 Å². The number of pyridine rings is 1. The molecule has 7 nitrogen and oxygen atoms in total. The Morgan fingerprint density at radius 3 is 2.79 bits per heavy atom. The van der Waals surface area contributed by atoms with Crippen molar-refractivity contribution < 1.29 is 9.66 Å². The minimum absolute atomic E-state index is 0.0144. The molecule has 19 heavy (non-hydrogen) atoms. The summed E-state index contributed by atoms with van der Waals surface area (Å²) in [5.41, 5.74) is -0.0144. The molecule has 2 N–H and O–H groups in total. The van der Waals surface area contributed by atoms with E-state index in [2.05, 4.69) is 15.6 Å². The van der Waals surface area contributed by atoms with Gasteiger partial charge in [0.1, 0.15) is 5.82 Å². The van der Waals surface area contributed by atoms with E-state index in [4.69, 9.17) is 4.74 Å². The molecule has 0 aliphatic heterocycles. The monoisotopic (exact) mass is 268 g/mol.